The van der Waals surface area contributed by atoms with E-state index in [0.717, 1.165) is 24.1 Å². The topological polar surface area (TPSA) is 89.6 Å². The maximum absolute atomic E-state index is 14.2. The van der Waals surface area contributed by atoms with Gasteiger partial charge in [0.1, 0.15) is 27.3 Å². The summed E-state index contributed by atoms with van der Waals surface area (Å²) >= 11 is 6.33. The minimum absolute atomic E-state index is 0.252. The predicted molar refractivity (Wildman–Crippen MR) is 107 cm³/mol. The number of halogens is 1. The van der Waals surface area contributed by atoms with Gasteiger partial charge in [0.05, 0.1) is 10.6 Å². The zero-order valence-corrected chi connectivity index (χ0v) is 16.0. The number of hydrogen-bond acceptors (Lipinski definition) is 7. The molecule has 1 aliphatic rings. The molecule has 3 aromatic heterocycles. The first kappa shape index (κ1) is 17.9. The van der Waals surface area contributed by atoms with Crippen molar-refractivity contribution >= 4 is 34.4 Å². The van der Waals surface area contributed by atoms with Gasteiger partial charge < -0.3 is 11.1 Å². The molecule has 0 unspecified atom stereocenters. The first-order valence-corrected chi connectivity index (χ1v) is 9.74. The van der Waals surface area contributed by atoms with Crippen molar-refractivity contribution in [3.05, 3.63) is 53.0 Å². The van der Waals surface area contributed by atoms with E-state index in [0.29, 0.717) is 33.7 Å². The normalized spacial score (nSPS) is 15.1. The number of nitrogens with one attached hydrogen (secondary N) is 1. The molecule has 3 N–H and O–H groups in total. The van der Waals surface area contributed by atoms with Crippen LogP contribution in [0.3, 0.4) is 0 Å². The van der Waals surface area contributed by atoms with Crippen LogP contribution >= 0.6 is 23.6 Å². The molecule has 0 spiro atoms. The lowest BCUT2D eigenvalue weighted by atomic mass is 9.66. The van der Waals surface area contributed by atoms with Gasteiger partial charge in [0.15, 0.2) is 0 Å². The minimum Gasteiger partial charge on any atom is -0.389 e. The Labute approximate surface area is 165 Å². The number of nitrogens with zero attached hydrogens (tertiary/aromatic N) is 4. The summed E-state index contributed by atoms with van der Waals surface area (Å²) in [6, 6.07) is 6.76. The number of anilines is 1. The van der Waals surface area contributed by atoms with Crippen LogP contribution in [0.15, 0.2) is 36.7 Å². The van der Waals surface area contributed by atoms with Crippen LogP contribution in [0.2, 0.25) is 0 Å². The van der Waals surface area contributed by atoms with E-state index >= 15 is 0 Å². The van der Waals surface area contributed by atoms with Crippen LogP contribution in [0.25, 0.3) is 10.7 Å². The van der Waals surface area contributed by atoms with Crippen LogP contribution in [0.5, 0.6) is 0 Å². The van der Waals surface area contributed by atoms with Crippen molar-refractivity contribution in [2.45, 2.75) is 24.7 Å². The van der Waals surface area contributed by atoms with Crippen LogP contribution < -0.4 is 11.1 Å². The highest BCUT2D eigenvalue weighted by Gasteiger charge is 2.41. The van der Waals surface area contributed by atoms with Gasteiger partial charge in [-0.3, -0.25) is 4.98 Å². The molecule has 0 radical (unpaired) electrons. The molecular formula is C18H17FN6S2. The number of pyridine rings is 1. The number of nitrogens with two attached hydrogens (primary N) is 1. The van der Waals surface area contributed by atoms with Crippen molar-refractivity contribution in [2.75, 3.05) is 11.9 Å². The molecule has 1 saturated carbocycles. The van der Waals surface area contributed by atoms with E-state index in [1.54, 1.807) is 18.5 Å². The van der Waals surface area contributed by atoms with Gasteiger partial charge in [-0.2, -0.15) is 0 Å². The van der Waals surface area contributed by atoms with Gasteiger partial charge in [-0.25, -0.2) is 9.37 Å². The lowest BCUT2D eigenvalue weighted by Gasteiger charge is -2.41. The van der Waals surface area contributed by atoms with Crippen molar-refractivity contribution < 1.29 is 4.39 Å². The molecule has 1 fully saturated rings. The number of aromatic nitrogens is 4. The van der Waals surface area contributed by atoms with E-state index in [9.17, 15) is 4.39 Å². The molecule has 0 bridgehead atoms. The van der Waals surface area contributed by atoms with Gasteiger partial charge >= 0.3 is 0 Å². The largest absolute Gasteiger partial charge is 0.389 e. The van der Waals surface area contributed by atoms with E-state index in [1.165, 1.54) is 17.4 Å². The standard InChI is InChI=1S/C18H17FN6S2/c19-11-3-1-8-21-15(11)18(6-2-7-18)10-23-14-5-4-12(24-25-14)17-22-9-13(27-17)16(20)26/h1,3-5,8-9H,2,6-7,10H2,(H2,20,26)(H,23,25). The Morgan fingerprint density at radius 3 is 2.70 bits per heavy atom. The van der Waals surface area contributed by atoms with Gasteiger partial charge in [-0.1, -0.05) is 18.6 Å². The Kier molecular flexibility index (Phi) is 4.79. The fourth-order valence-corrected chi connectivity index (χ4v) is 4.09. The highest BCUT2D eigenvalue weighted by Crippen LogP contribution is 2.43. The van der Waals surface area contributed by atoms with Gasteiger partial charge in [0, 0.05) is 24.4 Å². The van der Waals surface area contributed by atoms with Gasteiger partial charge in [0.25, 0.3) is 0 Å². The van der Waals surface area contributed by atoms with Crippen LogP contribution in [0.4, 0.5) is 10.2 Å². The van der Waals surface area contributed by atoms with Crippen LogP contribution in [0.1, 0.15) is 29.8 Å². The number of thiazole rings is 1. The zero-order chi connectivity index (χ0) is 18.9. The summed E-state index contributed by atoms with van der Waals surface area (Å²) in [5.74, 6) is 0.380. The lowest BCUT2D eigenvalue weighted by molar-refractivity contribution is 0.243. The van der Waals surface area contributed by atoms with Crippen molar-refractivity contribution in [3.63, 3.8) is 0 Å². The molecule has 6 nitrogen and oxygen atoms in total. The summed E-state index contributed by atoms with van der Waals surface area (Å²) in [6.45, 7) is 0.567. The summed E-state index contributed by atoms with van der Waals surface area (Å²) in [6.07, 6.45) is 6.15. The maximum atomic E-state index is 14.2. The Bertz CT molecular complexity index is 968. The highest BCUT2D eigenvalue weighted by molar-refractivity contribution is 7.81. The van der Waals surface area contributed by atoms with E-state index in [1.807, 2.05) is 12.1 Å². The van der Waals surface area contributed by atoms with Crippen molar-refractivity contribution in [1.29, 1.82) is 0 Å². The Hall–Kier alpha value is -2.52. The molecule has 1 aliphatic carbocycles. The molecule has 0 saturated heterocycles. The highest BCUT2D eigenvalue weighted by atomic mass is 32.1. The SMILES string of the molecule is NC(=S)c1cnc(-c2ccc(NCC3(c4ncccc4F)CCC3)nn2)s1. The fourth-order valence-electron chi connectivity index (χ4n) is 3.18. The molecule has 4 rings (SSSR count). The van der Waals surface area contributed by atoms with Gasteiger partial charge in [-0.15, -0.1) is 21.5 Å². The molecule has 138 valence electrons. The second kappa shape index (κ2) is 7.24. The van der Waals surface area contributed by atoms with Gasteiger partial charge in [0.2, 0.25) is 0 Å². The van der Waals surface area contributed by atoms with Crippen molar-refractivity contribution in [3.8, 4) is 10.7 Å². The molecule has 9 heteroatoms. The third-order valence-corrected chi connectivity index (χ3v) is 6.21. The molecule has 27 heavy (non-hydrogen) atoms. The second-order valence-corrected chi connectivity index (χ2v) is 7.99. The monoisotopic (exact) mass is 400 g/mol. The molecular weight excluding hydrogens is 383 g/mol. The van der Waals surface area contributed by atoms with Crippen LogP contribution in [-0.2, 0) is 5.41 Å². The van der Waals surface area contributed by atoms with E-state index in [4.69, 9.17) is 18.0 Å². The first-order valence-electron chi connectivity index (χ1n) is 8.52. The van der Waals surface area contributed by atoms with Crippen molar-refractivity contribution in [1.82, 2.24) is 20.2 Å². The number of thiocarbonyl (C=S) groups is 1. The summed E-state index contributed by atoms with van der Waals surface area (Å²) in [7, 11) is 0. The molecule has 0 amide bonds. The lowest BCUT2D eigenvalue weighted by Crippen LogP contribution is -2.42. The zero-order valence-electron chi connectivity index (χ0n) is 14.4. The third-order valence-electron chi connectivity index (χ3n) is 4.81. The van der Waals surface area contributed by atoms with E-state index in [2.05, 4.69) is 25.5 Å². The smallest absolute Gasteiger partial charge is 0.148 e. The third kappa shape index (κ3) is 3.52. The predicted octanol–water partition coefficient (Wildman–Crippen LogP) is 3.30. The van der Waals surface area contributed by atoms with Crippen LogP contribution in [0, 0.1) is 5.82 Å². The minimum atomic E-state index is -0.285. The van der Waals surface area contributed by atoms with E-state index < -0.39 is 0 Å². The fraction of sp³-hybridized carbons (Fsp3) is 0.278. The Morgan fingerprint density at radius 2 is 2.11 bits per heavy atom. The van der Waals surface area contributed by atoms with Gasteiger partial charge in [-0.05, 0) is 37.1 Å². The number of hydrogen-bond donors (Lipinski definition) is 2. The summed E-state index contributed by atoms with van der Waals surface area (Å²) in [4.78, 5) is 9.61. The van der Waals surface area contributed by atoms with Crippen molar-refractivity contribution in [2.24, 2.45) is 5.73 Å². The Balaban J connectivity index is 1.47. The van der Waals surface area contributed by atoms with Crippen LogP contribution in [-0.4, -0.2) is 31.7 Å². The summed E-state index contributed by atoms with van der Waals surface area (Å²) in [5, 5.41) is 12.4. The molecule has 3 aromatic rings. The average molecular weight is 401 g/mol. The first-order chi connectivity index (χ1) is 13.1. The summed E-state index contributed by atoms with van der Waals surface area (Å²) in [5.41, 5.74) is 6.51. The summed E-state index contributed by atoms with van der Waals surface area (Å²) < 4.78 is 14.2. The second-order valence-electron chi connectivity index (χ2n) is 6.52. The molecule has 0 atom stereocenters. The number of rotatable bonds is 6. The molecule has 0 aromatic carbocycles. The van der Waals surface area contributed by atoms with E-state index in [-0.39, 0.29) is 11.2 Å². The quantitative estimate of drug-likeness (QED) is 0.614. The average Bonchev–Trinajstić information content (AvgIpc) is 3.13. The Morgan fingerprint density at radius 1 is 1.26 bits per heavy atom. The molecule has 3 heterocycles. The maximum Gasteiger partial charge on any atom is 0.148 e. The molecule has 0 aliphatic heterocycles.